The van der Waals surface area contributed by atoms with Gasteiger partial charge in [0.2, 0.25) is 0 Å². The molecule has 0 amide bonds. The Morgan fingerprint density at radius 2 is 1.79 bits per heavy atom. The highest BCUT2D eigenvalue weighted by Crippen LogP contribution is 2.33. The Balaban J connectivity index is 2.47. The Kier molecular flexibility index (Phi) is 4.05. The number of carbonyl (C=O) groups is 1. The van der Waals surface area contributed by atoms with Gasteiger partial charge in [0.1, 0.15) is 5.75 Å². The molecule has 1 atom stereocenters. The Hall–Kier alpha value is -2.03. The SMILES string of the molecule is COC(=O)CC(C)c1ccc(OC)c2ccccc12. The Morgan fingerprint density at radius 3 is 2.42 bits per heavy atom. The van der Waals surface area contributed by atoms with Gasteiger partial charge in [0.25, 0.3) is 0 Å². The van der Waals surface area contributed by atoms with Crippen molar-refractivity contribution in [1.82, 2.24) is 0 Å². The first kappa shape index (κ1) is 13.4. The van der Waals surface area contributed by atoms with E-state index in [4.69, 9.17) is 9.47 Å². The van der Waals surface area contributed by atoms with E-state index in [1.807, 2.05) is 37.3 Å². The minimum absolute atomic E-state index is 0.114. The topological polar surface area (TPSA) is 35.5 Å². The van der Waals surface area contributed by atoms with Crippen LogP contribution in [0.2, 0.25) is 0 Å². The van der Waals surface area contributed by atoms with Crippen molar-refractivity contribution < 1.29 is 14.3 Å². The van der Waals surface area contributed by atoms with Gasteiger partial charge in [-0.2, -0.15) is 0 Å². The van der Waals surface area contributed by atoms with Gasteiger partial charge < -0.3 is 9.47 Å². The molecular formula is C16H18O3. The molecule has 0 fully saturated rings. The molecule has 0 N–H and O–H groups in total. The summed E-state index contributed by atoms with van der Waals surface area (Å²) in [6, 6.07) is 12.0. The van der Waals surface area contributed by atoms with E-state index in [0.29, 0.717) is 6.42 Å². The summed E-state index contributed by atoms with van der Waals surface area (Å²) in [4.78, 5) is 11.4. The Labute approximate surface area is 113 Å². The van der Waals surface area contributed by atoms with E-state index >= 15 is 0 Å². The van der Waals surface area contributed by atoms with Crippen molar-refractivity contribution in [3.8, 4) is 5.75 Å². The van der Waals surface area contributed by atoms with E-state index in [1.54, 1.807) is 7.11 Å². The van der Waals surface area contributed by atoms with Crippen LogP contribution in [-0.2, 0) is 9.53 Å². The molecule has 19 heavy (non-hydrogen) atoms. The smallest absolute Gasteiger partial charge is 0.306 e. The summed E-state index contributed by atoms with van der Waals surface area (Å²) in [5.41, 5.74) is 1.14. The first-order valence-electron chi connectivity index (χ1n) is 6.29. The number of esters is 1. The van der Waals surface area contributed by atoms with Crippen LogP contribution in [0.15, 0.2) is 36.4 Å². The van der Waals surface area contributed by atoms with Crippen molar-refractivity contribution in [3.05, 3.63) is 42.0 Å². The molecule has 2 aromatic rings. The van der Waals surface area contributed by atoms with E-state index in [2.05, 4.69) is 6.07 Å². The fraction of sp³-hybridized carbons (Fsp3) is 0.312. The molecule has 3 nitrogen and oxygen atoms in total. The van der Waals surface area contributed by atoms with Crippen molar-refractivity contribution >= 4 is 16.7 Å². The van der Waals surface area contributed by atoms with Crippen molar-refractivity contribution in [1.29, 1.82) is 0 Å². The zero-order valence-electron chi connectivity index (χ0n) is 11.5. The molecule has 3 heteroatoms. The van der Waals surface area contributed by atoms with Crippen LogP contribution in [0, 0.1) is 0 Å². The van der Waals surface area contributed by atoms with Gasteiger partial charge in [-0.05, 0) is 22.9 Å². The normalized spacial score (nSPS) is 12.2. The lowest BCUT2D eigenvalue weighted by Gasteiger charge is -2.15. The van der Waals surface area contributed by atoms with Crippen LogP contribution in [0.3, 0.4) is 0 Å². The van der Waals surface area contributed by atoms with Crippen LogP contribution in [0.5, 0.6) is 5.75 Å². The van der Waals surface area contributed by atoms with Crippen molar-refractivity contribution in [2.24, 2.45) is 0 Å². The summed E-state index contributed by atoms with van der Waals surface area (Å²) in [7, 11) is 3.08. The molecule has 0 heterocycles. The fourth-order valence-corrected chi connectivity index (χ4v) is 2.35. The number of carbonyl (C=O) groups excluding carboxylic acids is 1. The van der Waals surface area contributed by atoms with Crippen molar-refractivity contribution in [3.63, 3.8) is 0 Å². The highest BCUT2D eigenvalue weighted by Gasteiger charge is 2.15. The Bertz CT molecular complexity index is 590. The molecule has 0 spiro atoms. The van der Waals surface area contributed by atoms with Crippen molar-refractivity contribution in [2.45, 2.75) is 19.3 Å². The predicted molar refractivity (Wildman–Crippen MR) is 75.5 cm³/mol. The van der Waals surface area contributed by atoms with Crippen LogP contribution in [0.4, 0.5) is 0 Å². The van der Waals surface area contributed by atoms with Crippen LogP contribution in [-0.4, -0.2) is 20.2 Å². The van der Waals surface area contributed by atoms with Gasteiger partial charge in [-0.25, -0.2) is 0 Å². The average molecular weight is 258 g/mol. The molecule has 0 bridgehead atoms. The van der Waals surface area contributed by atoms with Crippen molar-refractivity contribution in [2.75, 3.05) is 14.2 Å². The lowest BCUT2D eigenvalue weighted by molar-refractivity contribution is -0.140. The number of methoxy groups -OCH3 is 2. The number of hydrogen-bond donors (Lipinski definition) is 0. The summed E-state index contributed by atoms with van der Waals surface area (Å²) in [6.07, 6.45) is 0.382. The minimum atomic E-state index is -0.188. The van der Waals surface area contributed by atoms with E-state index in [9.17, 15) is 4.79 Å². The molecule has 0 radical (unpaired) electrons. The van der Waals surface area contributed by atoms with Gasteiger partial charge in [-0.1, -0.05) is 37.3 Å². The van der Waals surface area contributed by atoms with Gasteiger partial charge in [0, 0.05) is 5.39 Å². The zero-order valence-corrected chi connectivity index (χ0v) is 11.5. The molecule has 0 saturated carbocycles. The lowest BCUT2D eigenvalue weighted by atomic mass is 9.92. The van der Waals surface area contributed by atoms with E-state index in [0.717, 1.165) is 22.1 Å². The minimum Gasteiger partial charge on any atom is -0.496 e. The predicted octanol–water partition coefficient (Wildman–Crippen LogP) is 3.52. The summed E-state index contributed by atoms with van der Waals surface area (Å²) < 4.78 is 10.1. The van der Waals surface area contributed by atoms with Gasteiger partial charge in [-0.15, -0.1) is 0 Å². The van der Waals surface area contributed by atoms with Gasteiger partial charge in [-0.3, -0.25) is 4.79 Å². The second-order valence-electron chi connectivity index (χ2n) is 4.58. The highest BCUT2D eigenvalue weighted by molar-refractivity contribution is 5.91. The average Bonchev–Trinajstić information content (AvgIpc) is 2.45. The summed E-state index contributed by atoms with van der Waals surface area (Å²) in [5, 5.41) is 2.19. The maximum Gasteiger partial charge on any atom is 0.306 e. The second-order valence-corrected chi connectivity index (χ2v) is 4.58. The third-order valence-corrected chi connectivity index (χ3v) is 3.37. The first-order chi connectivity index (χ1) is 9.17. The monoisotopic (exact) mass is 258 g/mol. The molecule has 2 aromatic carbocycles. The number of rotatable bonds is 4. The number of benzene rings is 2. The third kappa shape index (κ3) is 2.70. The quantitative estimate of drug-likeness (QED) is 0.787. The molecule has 0 aliphatic rings. The largest absolute Gasteiger partial charge is 0.496 e. The maximum absolute atomic E-state index is 11.4. The zero-order chi connectivity index (χ0) is 13.8. The standard InChI is InChI=1S/C16H18O3/c1-11(10-16(17)19-3)12-8-9-15(18-2)14-7-5-4-6-13(12)14/h4-9,11H,10H2,1-3H3. The summed E-state index contributed by atoms with van der Waals surface area (Å²) in [6.45, 7) is 2.03. The second kappa shape index (κ2) is 5.74. The van der Waals surface area contributed by atoms with E-state index in [-0.39, 0.29) is 11.9 Å². The molecule has 100 valence electrons. The van der Waals surface area contributed by atoms with E-state index < -0.39 is 0 Å². The molecule has 0 aromatic heterocycles. The molecule has 1 unspecified atom stereocenters. The van der Waals surface area contributed by atoms with Gasteiger partial charge in [0.05, 0.1) is 20.6 Å². The van der Waals surface area contributed by atoms with Crippen LogP contribution < -0.4 is 4.74 Å². The number of fused-ring (bicyclic) bond motifs is 1. The summed E-state index contributed by atoms with van der Waals surface area (Å²) >= 11 is 0. The molecular weight excluding hydrogens is 240 g/mol. The molecule has 0 saturated heterocycles. The van der Waals surface area contributed by atoms with E-state index in [1.165, 1.54) is 7.11 Å². The Morgan fingerprint density at radius 1 is 1.11 bits per heavy atom. The first-order valence-corrected chi connectivity index (χ1v) is 6.29. The lowest BCUT2D eigenvalue weighted by Crippen LogP contribution is -2.06. The highest BCUT2D eigenvalue weighted by atomic mass is 16.5. The number of hydrogen-bond acceptors (Lipinski definition) is 3. The van der Waals surface area contributed by atoms with Crippen LogP contribution in [0.1, 0.15) is 24.8 Å². The van der Waals surface area contributed by atoms with Gasteiger partial charge in [0.15, 0.2) is 0 Å². The van der Waals surface area contributed by atoms with Crippen LogP contribution >= 0.6 is 0 Å². The molecule has 2 rings (SSSR count). The fourth-order valence-electron chi connectivity index (χ4n) is 2.35. The number of ether oxygens (including phenoxy) is 2. The molecule has 0 aliphatic heterocycles. The third-order valence-electron chi connectivity index (χ3n) is 3.37. The van der Waals surface area contributed by atoms with Gasteiger partial charge >= 0.3 is 5.97 Å². The maximum atomic E-state index is 11.4. The molecule has 0 aliphatic carbocycles. The van der Waals surface area contributed by atoms with Crippen LogP contribution in [0.25, 0.3) is 10.8 Å². The summed E-state index contributed by atoms with van der Waals surface area (Å²) in [5.74, 6) is 0.778.